The zero-order valence-electron chi connectivity index (χ0n) is 12.6. The maximum absolute atomic E-state index is 13.7. The standard InChI is InChI=1S/C17H13BrF2N4/c1-10-2-4-12(9-13(10)18)22-17-21-7-6-16(24-17)23-15-5-3-11(19)8-14(15)20/h2-9H,1H3,(H2,21,22,23,24). The molecule has 7 heteroatoms. The van der Waals surface area contributed by atoms with Crippen molar-refractivity contribution in [3.05, 3.63) is 70.3 Å². The molecular weight excluding hydrogens is 378 g/mol. The van der Waals surface area contributed by atoms with Crippen molar-refractivity contribution in [2.45, 2.75) is 6.92 Å². The van der Waals surface area contributed by atoms with Crippen LogP contribution in [0.5, 0.6) is 0 Å². The van der Waals surface area contributed by atoms with Crippen molar-refractivity contribution in [3.63, 3.8) is 0 Å². The number of anilines is 4. The largest absolute Gasteiger partial charge is 0.338 e. The van der Waals surface area contributed by atoms with E-state index in [1.54, 1.807) is 12.3 Å². The molecule has 0 fully saturated rings. The van der Waals surface area contributed by atoms with Crippen molar-refractivity contribution in [1.29, 1.82) is 0 Å². The van der Waals surface area contributed by atoms with E-state index < -0.39 is 11.6 Å². The van der Waals surface area contributed by atoms with Gasteiger partial charge in [-0.3, -0.25) is 0 Å². The number of halogens is 3. The van der Waals surface area contributed by atoms with Gasteiger partial charge < -0.3 is 10.6 Å². The normalized spacial score (nSPS) is 10.5. The maximum Gasteiger partial charge on any atom is 0.229 e. The number of hydrogen-bond acceptors (Lipinski definition) is 4. The Morgan fingerprint density at radius 1 is 1.00 bits per heavy atom. The molecule has 0 aliphatic rings. The highest BCUT2D eigenvalue weighted by Crippen LogP contribution is 2.24. The summed E-state index contributed by atoms with van der Waals surface area (Å²) in [5, 5.41) is 5.88. The van der Waals surface area contributed by atoms with Gasteiger partial charge in [-0.2, -0.15) is 4.98 Å². The summed E-state index contributed by atoms with van der Waals surface area (Å²) in [6.45, 7) is 1.99. The molecule has 0 atom stereocenters. The molecule has 0 saturated heterocycles. The minimum Gasteiger partial charge on any atom is -0.338 e. The van der Waals surface area contributed by atoms with Crippen molar-refractivity contribution >= 4 is 39.1 Å². The van der Waals surface area contributed by atoms with E-state index in [1.807, 2.05) is 25.1 Å². The smallest absolute Gasteiger partial charge is 0.229 e. The Balaban J connectivity index is 1.79. The van der Waals surface area contributed by atoms with Crippen LogP contribution in [0.2, 0.25) is 0 Å². The third kappa shape index (κ3) is 3.86. The van der Waals surface area contributed by atoms with Crippen LogP contribution in [0.15, 0.2) is 53.1 Å². The van der Waals surface area contributed by atoms with Gasteiger partial charge in [0.15, 0.2) is 0 Å². The van der Waals surface area contributed by atoms with Gasteiger partial charge in [-0.25, -0.2) is 13.8 Å². The van der Waals surface area contributed by atoms with Crippen LogP contribution in [-0.4, -0.2) is 9.97 Å². The zero-order valence-corrected chi connectivity index (χ0v) is 14.2. The monoisotopic (exact) mass is 390 g/mol. The quantitative estimate of drug-likeness (QED) is 0.633. The lowest BCUT2D eigenvalue weighted by Gasteiger charge is -2.10. The Morgan fingerprint density at radius 2 is 1.83 bits per heavy atom. The van der Waals surface area contributed by atoms with Crippen LogP contribution in [0.3, 0.4) is 0 Å². The Labute approximate surface area is 146 Å². The van der Waals surface area contributed by atoms with Crippen molar-refractivity contribution in [2.24, 2.45) is 0 Å². The molecule has 0 unspecified atom stereocenters. The number of nitrogens with zero attached hydrogens (tertiary/aromatic N) is 2. The van der Waals surface area contributed by atoms with Gasteiger partial charge in [0.1, 0.15) is 17.5 Å². The van der Waals surface area contributed by atoms with Crippen molar-refractivity contribution < 1.29 is 8.78 Å². The predicted octanol–water partition coefficient (Wildman–Crippen LogP) is 5.31. The summed E-state index contributed by atoms with van der Waals surface area (Å²) in [7, 11) is 0. The van der Waals surface area contributed by atoms with Gasteiger partial charge in [-0.15, -0.1) is 0 Å². The highest BCUT2D eigenvalue weighted by Gasteiger charge is 2.06. The lowest BCUT2D eigenvalue weighted by molar-refractivity contribution is 0.586. The fourth-order valence-electron chi connectivity index (χ4n) is 2.02. The van der Waals surface area contributed by atoms with E-state index in [9.17, 15) is 8.78 Å². The van der Waals surface area contributed by atoms with Gasteiger partial charge in [-0.05, 0) is 42.8 Å². The minimum absolute atomic E-state index is 0.138. The summed E-state index contributed by atoms with van der Waals surface area (Å²) in [4.78, 5) is 8.40. The molecule has 2 N–H and O–H groups in total. The molecule has 0 bridgehead atoms. The Bertz CT molecular complexity index is 886. The molecule has 3 aromatic rings. The molecule has 1 aromatic heterocycles. The summed E-state index contributed by atoms with van der Waals surface area (Å²) in [6.07, 6.45) is 1.54. The lowest BCUT2D eigenvalue weighted by atomic mass is 10.2. The molecule has 122 valence electrons. The number of rotatable bonds is 4. The molecule has 0 spiro atoms. The molecule has 4 nitrogen and oxygen atoms in total. The van der Waals surface area contributed by atoms with E-state index in [4.69, 9.17) is 0 Å². The Kier molecular flexibility index (Phi) is 4.71. The topological polar surface area (TPSA) is 49.8 Å². The van der Waals surface area contributed by atoms with Gasteiger partial charge in [0.2, 0.25) is 5.95 Å². The minimum atomic E-state index is -0.689. The molecule has 2 aromatic carbocycles. The molecule has 0 radical (unpaired) electrons. The lowest BCUT2D eigenvalue weighted by Crippen LogP contribution is -2.01. The third-order valence-corrected chi connectivity index (χ3v) is 4.13. The first-order valence-corrected chi connectivity index (χ1v) is 7.89. The van der Waals surface area contributed by atoms with E-state index >= 15 is 0 Å². The van der Waals surface area contributed by atoms with E-state index in [2.05, 4.69) is 36.5 Å². The summed E-state index contributed by atoms with van der Waals surface area (Å²) in [6, 6.07) is 10.7. The second kappa shape index (κ2) is 6.92. The summed E-state index contributed by atoms with van der Waals surface area (Å²) >= 11 is 3.47. The van der Waals surface area contributed by atoms with Crippen LogP contribution in [0.1, 0.15) is 5.56 Å². The summed E-state index contributed by atoms with van der Waals surface area (Å²) < 4.78 is 27.6. The van der Waals surface area contributed by atoms with Crippen LogP contribution < -0.4 is 10.6 Å². The first-order valence-electron chi connectivity index (χ1n) is 7.09. The zero-order chi connectivity index (χ0) is 17.1. The highest BCUT2D eigenvalue weighted by molar-refractivity contribution is 9.10. The molecule has 0 amide bonds. The van der Waals surface area contributed by atoms with Crippen LogP contribution >= 0.6 is 15.9 Å². The fraction of sp³-hybridized carbons (Fsp3) is 0.0588. The first kappa shape index (κ1) is 16.3. The second-order valence-corrected chi connectivity index (χ2v) is 5.96. The molecule has 0 aliphatic carbocycles. The van der Waals surface area contributed by atoms with Crippen LogP contribution in [0.25, 0.3) is 0 Å². The van der Waals surface area contributed by atoms with Gasteiger partial charge in [0.25, 0.3) is 0 Å². The average Bonchev–Trinajstić information content (AvgIpc) is 2.54. The van der Waals surface area contributed by atoms with Gasteiger partial charge in [0, 0.05) is 22.4 Å². The number of benzene rings is 2. The van der Waals surface area contributed by atoms with E-state index in [1.165, 1.54) is 12.1 Å². The third-order valence-electron chi connectivity index (χ3n) is 3.28. The second-order valence-electron chi connectivity index (χ2n) is 5.10. The van der Waals surface area contributed by atoms with Crippen molar-refractivity contribution in [2.75, 3.05) is 10.6 Å². The Morgan fingerprint density at radius 3 is 2.58 bits per heavy atom. The van der Waals surface area contributed by atoms with Crippen molar-refractivity contribution in [3.8, 4) is 0 Å². The molecule has 3 rings (SSSR count). The van der Waals surface area contributed by atoms with E-state index in [-0.39, 0.29) is 5.69 Å². The molecule has 0 aliphatic heterocycles. The van der Waals surface area contributed by atoms with Gasteiger partial charge in [-0.1, -0.05) is 22.0 Å². The van der Waals surface area contributed by atoms with Crippen LogP contribution in [0, 0.1) is 18.6 Å². The average molecular weight is 391 g/mol. The van der Waals surface area contributed by atoms with Gasteiger partial charge in [0.05, 0.1) is 5.69 Å². The molecule has 0 saturated carbocycles. The maximum atomic E-state index is 13.7. The van der Waals surface area contributed by atoms with Crippen LogP contribution in [0.4, 0.5) is 31.9 Å². The molecule has 1 heterocycles. The number of aromatic nitrogens is 2. The number of nitrogens with one attached hydrogen (secondary N) is 2. The molecule has 24 heavy (non-hydrogen) atoms. The highest BCUT2D eigenvalue weighted by atomic mass is 79.9. The number of hydrogen-bond donors (Lipinski definition) is 2. The number of aryl methyl sites for hydroxylation is 1. The van der Waals surface area contributed by atoms with Gasteiger partial charge >= 0.3 is 0 Å². The molecular formula is C17H13BrF2N4. The summed E-state index contributed by atoms with van der Waals surface area (Å²) in [5.74, 6) is -0.568. The Hall–Kier alpha value is -2.54. The summed E-state index contributed by atoms with van der Waals surface area (Å²) in [5.41, 5.74) is 2.07. The van der Waals surface area contributed by atoms with Crippen molar-refractivity contribution in [1.82, 2.24) is 9.97 Å². The SMILES string of the molecule is Cc1ccc(Nc2nccc(Nc3ccc(F)cc3F)n2)cc1Br. The first-order chi connectivity index (χ1) is 11.5. The van der Waals surface area contributed by atoms with E-state index in [0.29, 0.717) is 11.8 Å². The van der Waals surface area contributed by atoms with Crippen LogP contribution in [-0.2, 0) is 0 Å². The van der Waals surface area contributed by atoms with E-state index in [0.717, 1.165) is 21.8 Å². The predicted molar refractivity (Wildman–Crippen MR) is 93.8 cm³/mol. The fourth-order valence-corrected chi connectivity index (χ4v) is 2.40.